The lowest BCUT2D eigenvalue weighted by Crippen LogP contribution is -2.31. The lowest BCUT2D eigenvalue weighted by atomic mass is 10.2. The SMILES string of the molecule is CCCCCCN1C(=O)C=C(Cl)C1=O. The summed E-state index contributed by atoms with van der Waals surface area (Å²) in [7, 11) is 0. The Kier molecular flexibility index (Phi) is 4.14. The van der Waals surface area contributed by atoms with Crippen molar-refractivity contribution in [3.05, 3.63) is 11.1 Å². The van der Waals surface area contributed by atoms with Crippen LogP contribution in [0.3, 0.4) is 0 Å². The van der Waals surface area contributed by atoms with E-state index >= 15 is 0 Å². The maximum absolute atomic E-state index is 11.3. The Morgan fingerprint density at radius 1 is 1.29 bits per heavy atom. The minimum atomic E-state index is -0.354. The molecule has 0 aromatic heterocycles. The van der Waals surface area contributed by atoms with Crippen LogP contribution in [0.15, 0.2) is 11.1 Å². The number of halogens is 1. The number of hydrogen-bond acceptors (Lipinski definition) is 2. The highest BCUT2D eigenvalue weighted by molar-refractivity contribution is 6.46. The van der Waals surface area contributed by atoms with Crippen LogP contribution in [0, 0.1) is 0 Å². The Hall–Kier alpha value is -0.830. The molecule has 1 heterocycles. The van der Waals surface area contributed by atoms with E-state index in [2.05, 4.69) is 6.92 Å². The molecule has 1 aliphatic heterocycles. The number of rotatable bonds is 5. The molecule has 0 aromatic carbocycles. The molecule has 0 radical (unpaired) electrons. The lowest BCUT2D eigenvalue weighted by Gasteiger charge is -2.13. The van der Waals surface area contributed by atoms with Crippen LogP contribution in [0.4, 0.5) is 0 Å². The summed E-state index contributed by atoms with van der Waals surface area (Å²) in [5.41, 5.74) is 0. The van der Waals surface area contributed by atoms with E-state index in [1.54, 1.807) is 0 Å². The van der Waals surface area contributed by atoms with E-state index in [1.807, 2.05) is 0 Å². The Balaban J connectivity index is 2.33. The first-order valence-corrected chi connectivity index (χ1v) is 5.27. The van der Waals surface area contributed by atoms with E-state index in [9.17, 15) is 9.59 Å². The number of imide groups is 1. The van der Waals surface area contributed by atoms with Crippen molar-refractivity contribution in [1.29, 1.82) is 0 Å². The van der Waals surface area contributed by atoms with Gasteiger partial charge in [-0.1, -0.05) is 37.8 Å². The quantitative estimate of drug-likeness (QED) is 0.520. The number of carbonyl (C=O) groups excluding carboxylic acids is 2. The van der Waals surface area contributed by atoms with Crippen LogP contribution in [0.1, 0.15) is 32.6 Å². The van der Waals surface area contributed by atoms with Crippen LogP contribution in [0.25, 0.3) is 0 Å². The van der Waals surface area contributed by atoms with Gasteiger partial charge in [0, 0.05) is 12.6 Å². The van der Waals surface area contributed by atoms with Crippen LogP contribution in [0.2, 0.25) is 0 Å². The third-order valence-electron chi connectivity index (χ3n) is 2.20. The average molecular weight is 216 g/mol. The summed E-state index contributed by atoms with van der Waals surface area (Å²) < 4.78 is 0. The van der Waals surface area contributed by atoms with E-state index in [0.29, 0.717) is 6.54 Å². The largest absolute Gasteiger partial charge is 0.274 e. The molecular weight excluding hydrogens is 202 g/mol. The summed E-state index contributed by atoms with van der Waals surface area (Å²) in [6.45, 7) is 2.61. The average Bonchev–Trinajstić information content (AvgIpc) is 2.38. The highest BCUT2D eigenvalue weighted by Gasteiger charge is 2.28. The van der Waals surface area contributed by atoms with Gasteiger partial charge in [-0.05, 0) is 6.42 Å². The molecule has 1 aliphatic rings. The van der Waals surface area contributed by atoms with Gasteiger partial charge in [0.2, 0.25) is 0 Å². The van der Waals surface area contributed by atoms with Crippen LogP contribution < -0.4 is 0 Å². The van der Waals surface area contributed by atoms with Crippen LogP contribution in [-0.2, 0) is 9.59 Å². The van der Waals surface area contributed by atoms with Crippen LogP contribution in [-0.4, -0.2) is 23.3 Å². The second-order valence-corrected chi connectivity index (χ2v) is 3.76. The molecule has 0 aliphatic carbocycles. The number of nitrogens with zero attached hydrogens (tertiary/aromatic N) is 1. The number of amides is 2. The Morgan fingerprint density at radius 3 is 2.50 bits per heavy atom. The minimum absolute atomic E-state index is 0.0329. The third-order valence-corrected chi connectivity index (χ3v) is 2.47. The normalized spacial score (nSPS) is 16.4. The molecule has 0 saturated carbocycles. The molecular formula is C10H14ClNO2. The zero-order valence-corrected chi connectivity index (χ0v) is 9.01. The van der Waals surface area contributed by atoms with Crippen LogP contribution in [0.5, 0.6) is 0 Å². The summed E-state index contributed by atoms with van der Waals surface area (Å²) in [5.74, 6) is -0.635. The number of hydrogen-bond donors (Lipinski definition) is 0. The van der Waals surface area contributed by atoms with Crippen molar-refractivity contribution in [3.63, 3.8) is 0 Å². The first-order chi connectivity index (χ1) is 6.66. The fourth-order valence-corrected chi connectivity index (χ4v) is 1.58. The minimum Gasteiger partial charge on any atom is -0.274 e. The highest BCUT2D eigenvalue weighted by atomic mass is 35.5. The predicted octanol–water partition coefficient (Wildman–Crippen LogP) is 2.06. The predicted molar refractivity (Wildman–Crippen MR) is 54.8 cm³/mol. The van der Waals surface area contributed by atoms with Gasteiger partial charge in [0.1, 0.15) is 5.03 Å². The van der Waals surface area contributed by atoms with E-state index in [-0.39, 0.29) is 16.8 Å². The smallest absolute Gasteiger partial charge is 0.272 e. The molecule has 0 spiro atoms. The van der Waals surface area contributed by atoms with Crippen molar-refractivity contribution in [2.45, 2.75) is 32.6 Å². The van der Waals surface area contributed by atoms with Gasteiger partial charge in [-0.3, -0.25) is 14.5 Å². The second-order valence-electron chi connectivity index (χ2n) is 3.35. The Morgan fingerprint density at radius 2 is 2.00 bits per heavy atom. The maximum atomic E-state index is 11.3. The van der Waals surface area contributed by atoms with Crippen molar-refractivity contribution in [2.24, 2.45) is 0 Å². The molecule has 0 unspecified atom stereocenters. The third kappa shape index (κ3) is 2.58. The van der Waals surface area contributed by atoms with Gasteiger partial charge in [-0.25, -0.2) is 0 Å². The van der Waals surface area contributed by atoms with Crippen molar-refractivity contribution in [2.75, 3.05) is 6.54 Å². The highest BCUT2D eigenvalue weighted by Crippen LogP contribution is 2.16. The molecule has 0 atom stereocenters. The van der Waals surface area contributed by atoms with Gasteiger partial charge in [0.25, 0.3) is 11.8 Å². The molecule has 0 aromatic rings. The van der Waals surface area contributed by atoms with Gasteiger partial charge in [-0.15, -0.1) is 0 Å². The zero-order chi connectivity index (χ0) is 10.6. The molecule has 3 nitrogen and oxygen atoms in total. The molecule has 14 heavy (non-hydrogen) atoms. The summed E-state index contributed by atoms with van der Waals surface area (Å²) in [4.78, 5) is 23.7. The Bertz CT molecular complexity index is 273. The van der Waals surface area contributed by atoms with Crippen molar-refractivity contribution >= 4 is 23.4 Å². The molecule has 0 N–H and O–H groups in total. The van der Waals surface area contributed by atoms with Crippen molar-refractivity contribution < 1.29 is 9.59 Å². The molecule has 0 bridgehead atoms. The lowest BCUT2D eigenvalue weighted by molar-refractivity contribution is -0.137. The molecule has 4 heteroatoms. The standard InChI is InChI=1S/C10H14ClNO2/c1-2-3-4-5-6-12-9(13)7-8(11)10(12)14/h7H,2-6H2,1H3. The fourth-order valence-electron chi connectivity index (χ4n) is 1.39. The van der Waals surface area contributed by atoms with Gasteiger partial charge in [-0.2, -0.15) is 0 Å². The second kappa shape index (κ2) is 5.15. The van der Waals surface area contributed by atoms with E-state index in [0.717, 1.165) is 25.7 Å². The summed E-state index contributed by atoms with van der Waals surface area (Å²) in [5, 5.41) is 0.0329. The number of unbranched alkanes of at least 4 members (excludes halogenated alkanes) is 3. The van der Waals surface area contributed by atoms with Gasteiger partial charge in [0.15, 0.2) is 0 Å². The monoisotopic (exact) mass is 215 g/mol. The Labute approximate surface area is 88.7 Å². The van der Waals surface area contributed by atoms with Crippen LogP contribution >= 0.6 is 11.6 Å². The fraction of sp³-hybridized carbons (Fsp3) is 0.600. The molecule has 78 valence electrons. The van der Waals surface area contributed by atoms with Gasteiger partial charge >= 0.3 is 0 Å². The molecule has 1 rings (SSSR count). The summed E-state index contributed by atoms with van der Waals surface area (Å²) >= 11 is 5.54. The number of carbonyl (C=O) groups is 2. The first kappa shape index (κ1) is 11.2. The molecule has 2 amide bonds. The van der Waals surface area contributed by atoms with Crippen molar-refractivity contribution in [3.8, 4) is 0 Å². The van der Waals surface area contributed by atoms with Crippen molar-refractivity contribution in [1.82, 2.24) is 4.90 Å². The molecule has 0 fully saturated rings. The molecule has 0 saturated heterocycles. The maximum Gasteiger partial charge on any atom is 0.272 e. The van der Waals surface area contributed by atoms with E-state index in [1.165, 1.54) is 11.0 Å². The van der Waals surface area contributed by atoms with E-state index < -0.39 is 0 Å². The topological polar surface area (TPSA) is 37.4 Å². The summed E-state index contributed by atoms with van der Waals surface area (Å²) in [6, 6.07) is 0. The first-order valence-electron chi connectivity index (χ1n) is 4.90. The van der Waals surface area contributed by atoms with Gasteiger partial charge < -0.3 is 0 Å². The summed E-state index contributed by atoms with van der Waals surface area (Å²) in [6.07, 6.45) is 5.37. The zero-order valence-electron chi connectivity index (χ0n) is 8.25. The van der Waals surface area contributed by atoms with Gasteiger partial charge in [0.05, 0.1) is 0 Å². The van der Waals surface area contributed by atoms with E-state index in [4.69, 9.17) is 11.6 Å².